The van der Waals surface area contributed by atoms with Gasteiger partial charge in [0.2, 0.25) is 5.91 Å². The minimum absolute atomic E-state index is 0.0755. The van der Waals surface area contributed by atoms with Gasteiger partial charge in [0.05, 0.1) is 23.9 Å². The van der Waals surface area contributed by atoms with Crippen LogP contribution in [-0.2, 0) is 9.53 Å². The number of halogens is 1. The van der Waals surface area contributed by atoms with Crippen molar-refractivity contribution in [2.75, 3.05) is 44.4 Å². The SMILES string of the molecule is COCCN(CC(=O)Nc1ccc(Cl)c(N)c1)CC(C)C. The van der Waals surface area contributed by atoms with Crippen molar-refractivity contribution in [1.82, 2.24) is 4.90 Å². The first-order valence-electron chi connectivity index (χ1n) is 6.98. The number of carbonyl (C=O) groups is 1. The molecule has 0 aliphatic heterocycles. The van der Waals surface area contributed by atoms with E-state index in [2.05, 4.69) is 24.1 Å². The van der Waals surface area contributed by atoms with Crippen molar-refractivity contribution >= 4 is 28.9 Å². The molecule has 21 heavy (non-hydrogen) atoms. The molecule has 5 nitrogen and oxygen atoms in total. The monoisotopic (exact) mass is 313 g/mol. The van der Waals surface area contributed by atoms with Gasteiger partial charge in [-0.3, -0.25) is 9.69 Å². The van der Waals surface area contributed by atoms with Crippen LogP contribution in [0.1, 0.15) is 13.8 Å². The zero-order valence-electron chi connectivity index (χ0n) is 12.9. The van der Waals surface area contributed by atoms with Crippen molar-refractivity contribution in [1.29, 1.82) is 0 Å². The molecule has 0 radical (unpaired) electrons. The Morgan fingerprint density at radius 2 is 2.19 bits per heavy atom. The molecule has 0 unspecified atom stereocenters. The lowest BCUT2D eigenvalue weighted by Crippen LogP contribution is -2.37. The molecule has 0 aromatic heterocycles. The van der Waals surface area contributed by atoms with E-state index in [1.54, 1.807) is 25.3 Å². The predicted molar refractivity (Wildman–Crippen MR) is 87.6 cm³/mol. The molecule has 0 fully saturated rings. The van der Waals surface area contributed by atoms with Gasteiger partial charge in [-0.2, -0.15) is 0 Å². The molecule has 0 bridgehead atoms. The van der Waals surface area contributed by atoms with Gasteiger partial charge in [0, 0.05) is 25.9 Å². The molecule has 0 aliphatic rings. The number of ether oxygens (including phenoxy) is 1. The van der Waals surface area contributed by atoms with E-state index >= 15 is 0 Å². The van der Waals surface area contributed by atoms with Gasteiger partial charge in [0.25, 0.3) is 0 Å². The summed E-state index contributed by atoms with van der Waals surface area (Å²) >= 11 is 5.86. The predicted octanol–water partition coefficient (Wildman–Crippen LogP) is 2.47. The van der Waals surface area contributed by atoms with Crippen LogP contribution < -0.4 is 11.1 Å². The molecule has 1 aromatic carbocycles. The second kappa shape index (κ2) is 8.87. The molecule has 1 amide bonds. The summed E-state index contributed by atoms with van der Waals surface area (Å²) in [6.45, 7) is 6.75. The maximum atomic E-state index is 12.1. The Hall–Kier alpha value is -1.30. The smallest absolute Gasteiger partial charge is 0.238 e. The van der Waals surface area contributed by atoms with E-state index in [9.17, 15) is 4.79 Å². The minimum Gasteiger partial charge on any atom is -0.397 e. The fraction of sp³-hybridized carbons (Fsp3) is 0.533. The van der Waals surface area contributed by atoms with Crippen LogP contribution in [0.4, 0.5) is 11.4 Å². The zero-order chi connectivity index (χ0) is 15.8. The highest BCUT2D eigenvalue weighted by Gasteiger charge is 2.12. The summed E-state index contributed by atoms with van der Waals surface area (Å²) in [4.78, 5) is 14.2. The normalized spacial score (nSPS) is 11.1. The average molecular weight is 314 g/mol. The van der Waals surface area contributed by atoms with Gasteiger partial charge in [-0.05, 0) is 24.1 Å². The molecule has 118 valence electrons. The molecular weight excluding hydrogens is 290 g/mol. The molecule has 0 saturated heterocycles. The van der Waals surface area contributed by atoms with Crippen LogP contribution in [0.25, 0.3) is 0 Å². The lowest BCUT2D eigenvalue weighted by molar-refractivity contribution is -0.117. The maximum Gasteiger partial charge on any atom is 0.238 e. The quantitative estimate of drug-likeness (QED) is 0.723. The Kier molecular flexibility index (Phi) is 7.50. The molecule has 0 aliphatic carbocycles. The Bertz CT molecular complexity index is 466. The lowest BCUT2D eigenvalue weighted by Gasteiger charge is -2.23. The third kappa shape index (κ3) is 6.80. The van der Waals surface area contributed by atoms with Crippen molar-refractivity contribution < 1.29 is 9.53 Å². The summed E-state index contributed by atoms with van der Waals surface area (Å²) < 4.78 is 5.08. The zero-order valence-corrected chi connectivity index (χ0v) is 13.6. The molecule has 6 heteroatoms. The number of nitrogens with two attached hydrogens (primary N) is 1. The Morgan fingerprint density at radius 3 is 2.76 bits per heavy atom. The number of hydrogen-bond donors (Lipinski definition) is 2. The molecular formula is C15H24ClN3O2. The highest BCUT2D eigenvalue weighted by atomic mass is 35.5. The summed E-state index contributed by atoms with van der Waals surface area (Å²) in [7, 11) is 1.66. The van der Waals surface area contributed by atoms with Crippen molar-refractivity contribution in [3.8, 4) is 0 Å². The number of carbonyl (C=O) groups excluding carboxylic acids is 1. The first kappa shape index (κ1) is 17.8. The van der Waals surface area contributed by atoms with E-state index in [-0.39, 0.29) is 5.91 Å². The Labute approximate surface area is 131 Å². The Morgan fingerprint density at radius 1 is 1.48 bits per heavy atom. The van der Waals surface area contributed by atoms with Gasteiger partial charge in [-0.25, -0.2) is 0 Å². The number of amides is 1. The first-order chi connectivity index (χ1) is 9.92. The van der Waals surface area contributed by atoms with Crippen LogP contribution >= 0.6 is 11.6 Å². The van der Waals surface area contributed by atoms with Crippen LogP contribution in [0.3, 0.4) is 0 Å². The second-order valence-corrected chi connectivity index (χ2v) is 5.81. The standard InChI is InChI=1S/C15H24ClN3O2/c1-11(2)9-19(6-7-21-3)10-15(20)18-12-4-5-13(16)14(17)8-12/h4-5,8,11H,6-7,9-10,17H2,1-3H3,(H,18,20). The van der Waals surface area contributed by atoms with Crippen molar-refractivity contribution in [3.63, 3.8) is 0 Å². The van der Waals surface area contributed by atoms with Gasteiger partial charge >= 0.3 is 0 Å². The molecule has 1 rings (SSSR count). The Balaban J connectivity index is 2.57. The van der Waals surface area contributed by atoms with Crippen molar-refractivity contribution in [2.24, 2.45) is 5.92 Å². The van der Waals surface area contributed by atoms with Crippen molar-refractivity contribution in [2.45, 2.75) is 13.8 Å². The van der Waals surface area contributed by atoms with E-state index in [1.807, 2.05) is 0 Å². The fourth-order valence-corrected chi connectivity index (χ4v) is 2.11. The number of anilines is 2. The number of benzene rings is 1. The van der Waals surface area contributed by atoms with Crippen LogP contribution in [0.15, 0.2) is 18.2 Å². The molecule has 0 heterocycles. The van der Waals surface area contributed by atoms with Gasteiger partial charge in [-0.15, -0.1) is 0 Å². The largest absolute Gasteiger partial charge is 0.397 e. The minimum atomic E-state index is -0.0755. The number of nitrogen functional groups attached to an aromatic ring is 1. The topological polar surface area (TPSA) is 67.6 Å². The number of hydrogen-bond acceptors (Lipinski definition) is 4. The third-order valence-corrected chi connectivity index (χ3v) is 3.23. The van der Waals surface area contributed by atoms with Crippen LogP contribution in [-0.4, -0.2) is 44.2 Å². The fourth-order valence-electron chi connectivity index (χ4n) is 2.00. The first-order valence-corrected chi connectivity index (χ1v) is 7.36. The van der Waals surface area contributed by atoms with E-state index in [0.29, 0.717) is 35.5 Å². The van der Waals surface area contributed by atoms with Gasteiger partial charge in [0.1, 0.15) is 0 Å². The second-order valence-electron chi connectivity index (χ2n) is 5.41. The molecule has 1 aromatic rings. The van der Waals surface area contributed by atoms with Crippen LogP contribution in [0, 0.1) is 5.92 Å². The highest BCUT2D eigenvalue weighted by Crippen LogP contribution is 2.22. The van der Waals surface area contributed by atoms with Gasteiger partial charge < -0.3 is 15.8 Å². The van der Waals surface area contributed by atoms with E-state index < -0.39 is 0 Å². The van der Waals surface area contributed by atoms with E-state index in [0.717, 1.165) is 13.1 Å². The summed E-state index contributed by atoms with van der Waals surface area (Å²) in [5.41, 5.74) is 6.82. The number of nitrogens with one attached hydrogen (secondary N) is 1. The summed E-state index contributed by atoms with van der Waals surface area (Å²) in [5, 5.41) is 3.31. The van der Waals surface area contributed by atoms with E-state index in [4.69, 9.17) is 22.1 Å². The van der Waals surface area contributed by atoms with Crippen LogP contribution in [0.5, 0.6) is 0 Å². The summed E-state index contributed by atoms with van der Waals surface area (Å²) in [5.74, 6) is 0.411. The van der Waals surface area contributed by atoms with E-state index in [1.165, 1.54) is 0 Å². The van der Waals surface area contributed by atoms with Crippen molar-refractivity contribution in [3.05, 3.63) is 23.2 Å². The third-order valence-electron chi connectivity index (χ3n) is 2.88. The molecule has 0 saturated carbocycles. The van der Waals surface area contributed by atoms with Gasteiger partial charge in [-0.1, -0.05) is 25.4 Å². The highest BCUT2D eigenvalue weighted by molar-refractivity contribution is 6.33. The molecule has 0 atom stereocenters. The van der Waals surface area contributed by atoms with Gasteiger partial charge in [0.15, 0.2) is 0 Å². The summed E-state index contributed by atoms with van der Waals surface area (Å²) in [6.07, 6.45) is 0. The van der Waals surface area contributed by atoms with Crippen LogP contribution in [0.2, 0.25) is 5.02 Å². The molecule has 0 spiro atoms. The molecule has 3 N–H and O–H groups in total. The number of nitrogens with zero attached hydrogens (tertiary/aromatic N) is 1. The maximum absolute atomic E-state index is 12.1. The summed E-state index contributed by atoms with van der Waals surface area (Å²) in [6, 6.07) is 5.06. The number of rotatable bonds is 8. The average Bonchev–Trinajstić information content (AvgIpc) is 2.39. The lowest BCUT2D eigenvalue weighted by atomic mass is 10.2. The number of methoxy groups -OCH3 is 1.